The number of nitrogens with one attached hydrogen (secondary N) is 1. The Bertz CT molecular complexity index is 435. The van der Waals surface area contributed by atoms with E-state index in [9.17, 15) is 4.79 Å². The van der Waals surface area contributed by atoms with Crippen LogP contribution in [0.2, 0.25) is 0 Å². The molecule has 0 bridgehead atoms. The molecule has 1 unspecified atom stereocenters. The van der Waals surface area contributed by atoms with Gasteiger partial charge in [0.05, 0.1) is 12.0 Å². The summed E-state index contributed by atoms with van der Waals surface area (Å²) in [6.07, 6.45) is 2.24. The van der Waals surface area contributed by atoms with Crippen molar-refractivity contribution in [3.63, 3.8) is 0 Å². The fourth-order valence-electron chi connectivity index (χ4n) is 1.79. The number of rotatable bonds is 8. The molecule has 1 atom stereocenters. The number of nitrogens with zero attached hydrogens (tertiary/aromatic N) is 2. The number of carbonyl (C=O) groups is 1. The van der Waals surface area contributed by atoms with Crippen molar-refractivity contribution in [2.45, 2.75) is 40.2 Å². The average molecular weight is 281 g/mol. The summed E-state index contributed by atoms with van der Waals surface area (Å²) in [5.41, 5.74) is 0. The van der Waals surface area contributed by atoms with Gasteiger partial charge in [-0.1, -0.05) is 13.8 Å². The maximum absolute atomic E-state index is 11.2. The molecule has 1 heterocycles. The molecule has 0 aliphatic carbocycles. The summed E-state index contributed by atoms with van der Waals surface area (Å²) in [6.45, 7) is 8.14. The summed E-state index contributed by atoms with van der Waals surface area (Å²) in [5.74, 6) is -0.0603. The highest BCUT2D eigenvalue weighted by atomic mass is 16.5. The predicted molar refractivity (Wildman–Crippen MR) is 76.9 cm³/mol. The lowest BCUT2D eigenvalue weighted by molar-refractivity contribution is -0.141. The van der Waals surface area contributed by atoms with Gasteiger partial charge < -0.3 is 15.2 Å². The van der Waals surface area contributed by atoms with Crippen LogP contribution in [0.25, 0.3) is 0 Å². The number of aliphatic carboxylic acids is 1. The molecular formula is C14H23N3O3. The van der Waals surface area contributed by atoms with E-state index in [0.717, 1.165) is 0 Å². The van der Waals surface area contributed by atoms with Crippen molar-refractivity contribution in [1.82, 2.24) is 9.97 Å². The van der Waals surface area contributed by atoms with Crippen LogP contribution in [-0.4, -0.2) is 33.7 Å². The molecule has 0 spiro atoms. The number of carboxylic acids is 1. The zero-order chi connectivity index (χ0) is 15.1. The van der Waals surface area contributed by atoms with E-state index in [-0.39, 0.29) is 6.10 Å². The summed E-state index contributed by atoms with van der Waals surface area (Å²) in [7, 11) is 0. The van der Waals surface area contributed by atoms with E-state index in [4.69, 9.17) is 9.84 Å². The van der Waals surface area contributed by atoms with Gasteiger partial charge in [0.15, 0.2) is 0 Å². The minimum absolute atomic E-state index is 0.0328. The lowest BCUT2D eigenvalue weighted by atomic mass is 9.97. The molecule has 6 nitrogen and oxygen atoms in total. The minimum atomic E-state index is -0.805. The quantitative estimate of drug-likeness (QED) is 0.761. The smallest absolute Gasteiger partial charge is 0.308 e. The van der Waals surface area contributed by atoms with E-state index in [2.05, 4.69) is 15.3 Å². The lowest BCUT2D eigenvalue weighted by Gasteiger charge is -2.15. The second-order valence-corrected chi connectivity index (χ2v) is 5.43. The summed E-state index contributed by atoms with van der Waals surface area (Å²) in [6, 6.07) is 1.67. The molecule has 0 saturated heterocycles. The van der Waals surface area contributed by atoms with Crippen LogP contribution < -0.4 is 10.1 Å². The van der Waals surface area contributed by atoms with Gasteiger partial charge in [-0.25, -0.2) is 4.98 Å². The van der Waals surface area contributed by atoms with Crippen LogP contribution in [-0.2, 0) is 4.79 Å². The lowest BCUT2D eigenvalue weighted by Crippen LogP contribution is -2.25. The van der Waals surface area contributed by atoms with Gasteiger partial charge in [0.25, 0.3) is 0 Å². The Morgan fingerprint density at radius 1 is 1.40 bits per heavy atom. The first kappa shape index (κ1) is 16.2. The minimum Gasteiger partial charge on any atom is -0.481 e. The number of ether oxygens (including phenoxy) is 1. The molecule has 6 heteroatoms. The molecule has 2 N–H and O–H groups in total. The summed E-state index contributed by atoms with van der Waals surface area (Å²) >= 11 is 0. The van der Waals surface area contributed by atoms with Gasteiger partial charge in [-0.3, -0.25) is 4.79 Å². The Morgan fingerprint density at radius 3 is 2.65 bits per heavy atom. The molecule has 112 valence electrons. The predicted octanol–water partition coefficient (Wildman–Crippen LogP) is 2.42. The molecule has 1 aromatic heterocycles. The van der Waals surface area contributed by atoms with Gasteiger partial charge in [0.1, 0.15) is 0 Å². The van der Waals surface area contributed by atoms with E-state index >= 15 is 0 Å². The second-order valence-electron chi connectivity index (χ2n) is 5.43. The van der Waals surface area contributed by atoms with Crippen LogP contribution in [0, 0.1) is 11.8 Å². The van der Waals surface area contributed by atoms with Crippen molar-refractivity contribution in [1.29, 1.82) is 0 Å². The molecule has 0 fully saturated rings. The third-order valence-corrected chi connectivity index (χ3v) is 2.60. The van der Waals surface area contributed by atoms with Gasteiger partial charge in [-0.2, -0.15) is 4.98 Å². The van der Waals surface area contributed by atoms with Crippen LogP contribution in [0.4, 0.5) is 5.95 Å². The monoisotopic (exact) mass is 281 g/mol. The number of carboxylic acid groups (broad SMARTS) is 1. The average Bonchev–Trinajstić information content (AvgIpc) is 2.33. The maximum atomic E-state index is 11.2. The fourth-order valence-corrected chi connectivity index (χ4v) is 1.79. The molecule has 0 aliphatic rings. The normalized spacial score (nSPS) is 12.5. The number of aromatic nitrogens is 2. The van der Waals surface area contributed by atoms with E-state index in [1.807, 2.05) is 27.7 Å². The SMILES string of the molecule is CC(C)CC(CNc1nccc(OC(C)C)n1)C(=O)O. The standard InChI is InChI=1S/C14H23N3O3/c1-9(2)7-11(13(18)19)8-16-14-15-6-5-12(17-14)20-10(3)4/h5-6,9-11H,7-8H2,1-4H3,(H,18,19)(H,15,16,17). The molecule has 1 aromatic rings. The van der Waals surface area contributed by atoms with Crippen molar-refractivity contribution in [2.24, 2.45) is 11.8 Å². The van der Waals surface area contributed by atoms with Crippen LogP contribution in [0.15, 0.2) is 12.3 Å². The Balaban J connectivity index is 2.61. The molecule has 0 radical (unpaired) electrons. The van der Waals surface area contributed by atoms with Crippen LogP contribution >= 0.6 is 0 Å². The van der Waals surface area contributed by atoms with E-state index in [1.165, 1.54) is 0 Å². The molecule has 20 heavy (non-hydrogen) atoms. The molecular weight excluding hydrogens is 258 g/mol. The van der Waals surface area contributed by atoms with E-state index in [1.54, 1.807) is 12.3 Å². The van der Waals surface area contributed by atoms with Gasteiger partial charge in [-0.05, 0) is 26.2 Å². The number of hydrogen-bond donors (Lipinski definition) is 2. The first-order chi connectivity index (χ1) is 9.38. The molecule has 1 rings (SSSR count). The van der Waals surface area contributed by atoms with Gasteiger partial charge in [0.2, 0.25) is 11.8 Å². The van der Waals surface area contributed by atoms with Crippen molar-refractivity contribution < 1.29 is 14.6 Å². The van der Waals surface area contributed by atoms with Crippen molar-refractivity contribution in [3.8, 4) is 5.88 Å². The van der Waals surface area contributed by atoms with E-state index < -0.39 is 11.9 Å². The zero-order valence-corrected chi connectivity index (χ0v) is 12.5. The topological polar surface area (TPSA) is 84.3 Å². The molecule has 0 saturated carbocycles. The van der Waals surface area contributed by atoms with Crippen molar-refractivity contribution in [3.05, 3.63) is 12.3 Å². The molecule has 0 aromatic carbocycles. The maximum Gasteiger partial charge on any atom is 0.308 e. The van der Waals surface area contributed by atoms with E-state index in [0.29, 0.717) is 30.7 Å². The van der Waals surface area contributed by atoms with Crippen LogP contribution in [0.3, 0.4) is 0 Å². The summed E-state index contributed by atoms with van der Waals surface area (Å²) in [5, 5.41) is 12.1. The Morgan fingerprint density at radius 2 is 2.10 bits per heavy atom. The van der Waals surface area contributed by atoms with Gasteiger partial charge in [-0.15, -0.1) is 0 Å². The van der Waals surface area contributed by atoms with Crippen LogP contribution in [0.1, 0.15) is 34.1 Å². The third kappa shape index (κ3) is 5.86. The molecule has 0 aliphatic heterocycles. The first-order valence-electron chi connectivity index (χ1n) is 6.84. The van der Waals surface area contributed by atoms with Gasteiger partial charge >= 0.3 is 5.97 Å². The Labute approximate surface area is 119 Å². The second kappa shape index (κ2) is 7.67. The van der Waals surface area contributed by atoms with Crippen molar-refractivity contribution >= 4 is 11.9 Å². The zero-order valence-electron chi connectivity index (χ0n) is 12.5. The fraction of sp³-hybridized carbons (Fsp3) is 0.643. The number of hydrogen-bond acceptors (Lipinski definition) is 5. The number of anilines is 1. The highest BCUT2D eigenvalue weighted by Gasteiger charge is 2.19. The first-order valence-corrected chi connectivity index (χ1v) is 6.84. The highest BCUT2D eigenvalue weighted by Crippen LogP contribution is 2.14. The highest BCUT2D eigenvalue weighted by molar-refractivity contribution is 5.70. The third-order valence-electron chi connectivity index (χ3n) is 2.60. The summed E-state index contributed by atoms with van der Waals surface area (Å²) < 4.78 is 5.47. The van der Waals surface area contributed by atoms with Crippen molar-refractivity contribution in [2.75, 3.05) is 11.9 Å². The largest absolute Gasteiger partial charge is 0.481 e. The molecule has 0 amide bonds. The Hall–Kier alpha value is -1.85. The Kier molecular flexibility index (Phi) is 6.21. The van der Waals surface area contributed by atoms with Gasteiger partial charge in [0, 0.05) is 18.8 Å². The summed E-state index contributed by atoms with van der Waals surface area (Å²) in [4.78, 5) is 19.4. The van der Waals surface area contributed by atoms with Crippen LogP contribution in [0.5, 0.6) is 5.88 Å².